The second-order valence-electron chi connectivity index (χ2n) is 7.39. The summed E-state index contributed by atoms with van der Waals surface area (Å²) in [5, 5.41) is 13.5. The van der Waals surface area contributed by atoms with Crippen LogP contribution in [0, 0.1) is 0 Å². The Kier molecular flexibility index (Phi) is 6.54. The van der Waals surface area contributed by atoms with Gasteiger partial charge in [0.05, 0.1) is 31.2 Å². The third-order valence-electron chi connectivity index (χ3n) is 5.35. The highest BCUT2D eigenvalue weighted by Gasteiger charge is 2.22. The summed E-state index contributed by atoms with van der Waals surface area (Å²) in [6.07, 6.45) is -1.13. The molecule has 0 saturated carbocycles. The number of nitrogens with one attached hydrogen (secondary N) is 3. The second-order valence-corrected chi connectivity index (χ2v) is 7.39. The van der Waals surface area contributed by atoms with E-state index in [1.54, 1.807) is 36.4 Å². The molecule has 0 unspecified atom stereocenters. The van der Waals surface area contributed by atoms with E-state index in [1.807, 2.05) is 36.4 Å². The lowest BCUT2D eigenvalue weighted by molar-refractivity contribution is 0.186. The van der Waals surface area contributed by atoms with Gasteiger partial charge in [0.2, 0.25) is 0 Å². The van der Waals surface area contributed by atoms with Gasteiger partial charge in [-0.3, -0.25) is 15.4 Å². The van der Waals surface area contributed by atoms with Crippen LogP contribution in [0.1, 0.15) is 22.7 Å². The van der Waals surface area contributed by atoms with Crippen molar-refractivity contribution in [2.45, 2.75) is 5.92 Å². The second kappa shape index (κ2) is 9.86. The Morgan fingerprint density at radius 3 is 1.71 bits per heavy atom. The van der Waals surface area contributed by atoms with Crippen LogP contribution in [-0.4, -0.2) is 36.6 Å². The van der Waals surface area contributed by atoms with Crippen LogP contribution in [0.15, 0.2) is 77.6 Å². The third-order valence-corrected chi connectivity index (χ3v) is 5.35. The van der Waals surface area contributed by atoms with Gasteiger partial charge in [-0.15, -0.1) is 0 Å². The SMILES string of the molecule is COC(=O)Nc1ccc(C(c2ccc(NC(=O)OC)cc2)c2n[nH]c(=O)c3ccccc23)cc1. The van der Waals surface area contributed by atoms with Crippen LogP contribution in [-0.2, 0) is 9.47 Å². The maximum absolute atomic E-state index is 12.4. The van der Waals surface area contributed by atoms with E-state index >= 15 is 0 Å². The summed E-state index contributed by atoms with van der Waals surface area (Å²) in [6, 6.07) is 21.8. The van der Waals surface area contributed by atoms with Crippen molar-refractivity contribution in [3.63, 3.8) is 0 Å². The molecule has 0 bridgehead atoms. The van der Waals surface area contributed by atoms with Crippen molar-refractivity contribution >= 4 is 34.3 Å². The number of nitrogens with zero attached hydrogens (tertiary/aromatic N) is 1. The Bertz CT molecular complexity index is 1320. The van der Waals surface area contributed by atoms with Crippen molar-refractivity contribution in [1.82, 2.24) is 10.2 Å². The number of methoxy groups -OCH3 is 2. The Morgan fingerprint density at radius 1 is 0.765 bits per heavy atom. The van der Waals surface area contributed by atoms with Crippen LogP contribution in [0.3, 0.4) is 0 Å². The minimum Gasteiger partial charge on any atom is -0.453 e. The molecule has 4 rings (SSSR count). The van der Waals surface area contributed by atoms with E-state index in [4.69, 9.17) is 0 Å². The van der Waals surface area contributed by atoms with Gasteiger partial charge in [-0.25, -0.2) is 14.7 Å². The number of hydrogen-bond acceptors (Lipinski definition) is 6. The Hall–Kier alpha value is -4.66. The quantitative estimate of drug-likeness (QED) is 0.406. The first kappa shape index (κ1) is 22.5. The number of rotatable bonds is 5. The van der Waals surface area contributed by atoms with Crippen LogP contribution < -0.4 is 16.2 Å². The fourth-order valence-corrected chi connectivity index (χ4v) is 3.72. The number of hydrogen-bond donors (Lipinski definition) is 3. The molecule has 172 valence electrons. The number of aromatic amines is 1. The van der Waals surface area contributed by atoms with E-state index in [0.29, 0.717) is 22.5 Å². The average molecular weight is 458 g/mol. The third kappa shape index (κ3) is 4.73. The molecular weight excluding hydrogens is 436 g/mol. The zero-order chi connectivity index (χ0) is 24.1. The normalized spacial score (nSPS) is 10.7. The maximum atomic E-state index is 12.4. The maximum Gasteiger partial charge on any atom is 0.411 e. The lowest BCUT2D eigenvalue weighted by Gasteiger charge is -2.20. The number of anilines is 2. The van der Waals surface area contributed by atoms with Crippen molar-refractivity contribution in [3.05, 3.63) is 100.0 Å². The molecule has 0 aliphatic rings. The van der Waals surface area contributed by atoms with Crippen LogP contribution in [0.25, 0.3) is 10.8 Å². The number of carbonyl (C=O) groups excluding carboxylic acids is 2. The Morgan fingerprint density at radius 2 is 1.24 bits per heavy atom. The molecule has 3 aromatic carbocycles. The van der Waals surface area contributed by atoms with Gasteiger partial charge in [0.15, 0.2) is 0 Å². The zero-order valence-corrected chi connectivity index (χ0v) is 18.5. The van der Waals surface area contributed by atoms with Crippen molar-refractivity contribution in [1.29, 1.82) is 0 Å². The van der Waals surface area contributed by atoms with Crippen molar-refractivity contribution in [2.24, 2.45) is 0 Å². The molecule has 0 saturated heterocycles. The minimum atomic E-state index is -0.564. The molecule has 4 aromatic rings. The molecule has 1 aromatic heterocycles. The Labute approximate surface area is 194 Å². The Balaban J connectivity index is 1.81. The molecule has 2 amide bonds. The first-order chi connectivity index (χ1) is 16.5. The van der Waals surface area contributed by atoms with Crippen LogP contribution >= 0.6 is 0 Å². The van der Waals surface area contributed by atoms with Gasteiger partial charge >= 0.3 is 12.2 Å². The molecule has 0 radical (unpaired) electrons. The monoisotopic (exact) mass is 458 g/mol. The van der Waals surface area contributed by atoms with Gasteiger partial charge < -0.3 is 9.47 Å². The highest BCUT2D eigenvalue weighted by atomic mass is 16.5. The van der Waals surface area contributed by atoms with E-state index in [1.165, 1.54) is 14.2 Å². The van der Waals surface area contributed by atoms with Gasteiger partial charge in [-0.2, -0.15) is 5.10 Å². The fraction of sp³-hybridized carbons (Fsp3) is 0.120. The van der Waals surface area contributed by atoms with Gasteiger partial charge in [-0.05, 0) is 41.5 Å². The van der Waals surface area contributed by atoms with Crippen molar-refractivity contribution in [3.8, 4) is 0 Å². The summed E-state index contributed by atoms with van der Waals surface area (Å²) < 4.78 is 9.29. The molecule has 9 heteroatoms. The summed E-state index contributed by atoms with van der Waals surface area (Å²) in [5.74, 6) is -0.346. The predicted octanol–water partition coefficient (Wildman–Crippen LogP) is 4.46. The standard InChI is InChI=1S/C25H22N4O5/c1-33-24(31)26-17-11-7-15(8-12-17)21(16-9-13-18(14-10-16)27-25(32)34-2)22-19-5-3-4-6-20(19)23(30)29-28-22/h3-14,21H,1-2H3,(H,26,31)(H,27,32)(H,29,30). The van der Waals surface area contributed by atoms with Crippen LogP contribution in [0.2, 0.25) is 0 Å². The molecule has 0 aliphatic heterocycles. The number of fused-ring (bicyclic) bond motifs is 1. The lowest BCUT2D eigenvalue weighted by Crippen LogP contribution is -2.15. The minimum absolute atomic E-state index is 0.270. The van der Waals surface area contributed by atoms with E-state index < -0.39 is 12.2 Å². The first-order valence-electron chi connectivity index (χ1n) is 10.4. The van der Waals surface area contributed by atoms with E-state index in [-0.39, 0.29) is 11.5 Å². The molecule has 9 nitrogen and oxygen atoms in total. The molecule has 0 aliphatic carbocycles. The number of amides is 2. The van der Waals surface area contributed by atoms with Crippen molar-refractivity contribution in [2.75, 3.05) is 24.9 Å². The molecule has 0 spiro atoms. The predicted molar refractivity (Wildman–Crippen MR) is 128 cm³/mol. The molecule has 0 fully saturated rings. The number of aromatic nitrogens is 2. The smallest absolute Gasteiger partial charge is 0.411 e. The van der Waals surface area contributed by atoms with Gasteiger partial charge in [0, 0.05) is 16.8 Å². The number of ether oxygens (including phenoxy) is 2. The number of carbonyl (C=O) groups is 2. The highest BCUT2D eigenvalue weighted by molar-refractivity contribution is 5.86. The average Bonchev–Trinajstić information content (AvgIpc) is 2.87. The van der Waals surface area contributed by atoms with Crippen LogP contribution in [0.4, 0.5) is 21.0 Å². The van der Waals surface area contributed by atoms with E-state index in [9.17, 15) is 14.4 Å². The largest absolute Gasteiger partial charge is 0.453 e. The highest BCUT2D eigenvalue weighted by Crippen LogP contribution is 2.35. The molecule has 3 N–H and O–H groups in total. The topological polar surface area (TPSA) is 122 Å². The molecular formula is C25H22N4O5. The van der Waals surface area contributed by atoms with E-state index in [2.05, 4.69) is 30.3 Å². The molecule has 34 heavy (non-hydrogen) atoms. The first-order valence-corrected chi connectivity index (χ1v) is 10.4. The van der Waals surface area contributed by atoms with Gasteiger partial charge in [-0.1, -0.05) is 42.5 Å². The number of benzene rings is 3. The van der Waals surface area contributed by atoms with E-state index in [0.717, 1.165) is 16.5 Å². The lowest BCUT2D eigenvalue weighted by atomic mass is 9.86. The molecule has 1 heterocycles. The van der Waals surface area contributed by atoms with Gasteiger partial charge in [0.25, 0.3) is 5.56 Å². The van der Waals surface area contributed by atoms with Crippen molar-refractivity contribution < 1.29 is 19.1 Å². The summed E-state index contributed by atoms with van der Waals surface area (Å²) >= 11 is 0. The summed E-state index contributed by atoms with van der Waals surface area (Å²) in [5.41, 5.74) is 3.31. The zero-order valence-electron chi connectivity index (χ0n) is 18.5. The van der Waals surface area contributed by atoms with Crippen LogP contribution in [0.5, 0.6) is 0 Å². The number of H-pyrrole nitrogens is 1. The summed E-state index contributed by atoms with van der Waals surface area (Å²) in [7, 11) is 2.59. The fourth-order valence-electron chi connectivity index (χ4n) is 3.72. The summed E-state index contributed by atoms with van der Waals surface area (Å²) in [4.78, 5) is 35.4. The summed E-state index contributed by atoms with van der Waals surface area (Å²) in [6.45, 7) is 0. The molecule has 0 atom stereocenters. The van der Waals surface area contributed by atoms with Gasteiger partial charge in [0.1, 0.15) is 0 Å².